The summed E-state index contributed by atoms with van der Waals surface area (Å²) in [5.41, 5.74) is 2.16. The average molecular weight is 273 g/mol. The van der Waals surface area contributed by atoms with Gasteiger partial charge in [0.25, 0.3) is 5.91 Å². The van der Waals surface area contributed by atoms with E-state index in [1.165, 1.54) is 18.9 Å². The average Bonchev–Trinajstić information content (AvgIpc) is 3.21. The number of rotatable bonds is 6. The molecule has 4 nitrogen and oxygen atoms in total. The molecule has 0 bridgehead atoms. The molecule has 20 heavy (non-hydrogen) atoms. The van der Waals surface area contributed by atoms with Crippen molar-refractivity contribution >= 4 is 18.0 Å². The summed E-state index contributed by atoms with van der Waals surface area (Å²) in [6.07, 6.45) is 6.20. The van der Waals surface area contributed by atoms with Crippen LogP contribution in [0.25, 0.3) is 6.08 Å². The lowest BCUT2D eigenvalue weighted by Crippen LogP contribution is -2.25. The molecule has 0 radical (unpaired) electrons. The van der Waals surface area contributed by atoms with Gasteiger partial charge in [-0.25, -0.2) is 4.79 Å². The Morgan fingerprint density at radius 2 is 2.15 bits per heavy atom. The van der Waals surface area contributed by atoms with E-state index in [4.69, 9.17) is 5.11 Å². The standard InChI is InChI=1S/C16H19NO3/c1-11-13(7-8-15(18)19)3-2-4-14(11)16(20)17-10-9-12-5-6-12/h2-4,7-8,12H,5-6,9-10H2,1H3,(H,17,20)(H,18,19). The number of carbonyl (C=O) groups is 2. The highest BCUT2D eigenvalue weighted by Gasteiger charge is 2.20. The minimum absolute atomic E-state index is 0.0891. The van der Waals surface area contributed by atoms with Crippen LogP contribution in [0, 0.1) is 12.8 Å². The summed E-state index contributed by atoms with van der Waals surface area (Å²) >= 11 is 0. The molecule has 1 saturated carbocycles. The lowest BCUT2D eigenvalue weighted by molar-refractivity contribution is -0.131. The summed E-state index contributed by atoms with van der Waals surface area (Å²) in [4.78, 5) is 22.7. The first-order chi connectivity index (χ1) is 9.58. The van der Waals surface area contributed by atoms with Gasteiger partial charge in [-0.05, 0) is 42.5 Å². The highest BCUT2D eigenvalue weighted by atomic mass is 16.4. The molecule has 0 unspecified atom stereocenters. The minimum Gasteiger partial charge on any atom is -0.478 e. The van der Waals surface area contributed by atoms with Gasteiger partial charge in [-0.2, -0.15) is 0 Å². The van der Waals surface area contributed by atoms with Gasteiger partial charge in [-0.1, -0.05) is 25.0 Å². The molecule has 106 valence electrons. The van der Waals surface area contributed by atoms with Crippen LogP contribution in [0.1, 0.15) is 40.7 Å². The van der Waals surface area contributed by atoms with Gasteiger partial charge in [-0.15, -0.1) is 0 Å². The van der Waals surface area contributed by atoms with Gasteiger partial charge in [0.1, 0.15) is 0 Å². The van der Waals surface area contributed by atoms with Crippen LogP contribution in [0.5, 0.6) is 0 Å². The van der Waals surface area contributed by atoms with E-state index in [2.05, 4.69) is 5.32 Å². The highest BCUT2D eigenvalue weighted by molar-refractivity contribution is 5.97. The van der Waals surface area contributed by atoms with Crippen molar-refractivity contribution in [3.05, 3.63) is 41.0 Å². The number of benzene rings is 1. The van der Waals surface area contributed by atoms with Crippen molar-refractivity contribution in [2.45, 2.75) is 26.2 Å². The Morgan fingerprint density at radius 1 is 1.40 bits per heavy atom. The van der Waals surface area contributed by atoms with Crippen LogP contribution >= 0.6 is 0 Å². The van der Waals surface area contributed by atoms with E-state index >= 15 is 0 Å². The molecule has 2 N–H and O–H groups in total. The molecule has 0 heterocycles. The van der Waals surface area contributed by atoms with Crippen molar-refractivity contribution in [1.29, 1.82) is 0 Å². The number of carbonyl (C=O) groups excluding carboxylic acids is 1. The molecule has 2 rings (SSSR count). The molecule has 1 aliphatic rings. The van der Waals surface area contributed by atoms with E-state index in [1.54, 1.807) is 18.2 Å². The predicted octanol–water partition coefficient (Wildman–Crippen LogP) is 2.62. The first kappa shape index (κ1) is 14.3. The van der Waals surface area contributed by atoms with Crippen molar-refractivity contribution in [2.75, 3.05) is 6.54 Å². The molecule has 0 atom stereocenters. The van der Waals surface area contributed by atoms with Gasteiger partial charge in [0, 0.05) is 18.2 Å². The third-order valence-corrected chi connectivity index (χ3v) is 3.56. The molecule has 1 amide bonds. The Morgan fingerprint density at radius 3 is 2.80 bits per heavy atom. The lowest BCUT2D eigenvalue weighted by atomic mass is 10.0. The summed E-state index contributed by atoms with van der Waals surface area (Å²) in [5.74, 6) is -0.293. The van der Waals surface area contributed by atoms with E-state index in [0.29, 0.717) is 12.1 Å². The molecule has 1 aliphatic carbocycles. The molecule has 1 fully saturated rings. The van der Waals surface area contributed by atoms with Crippen LogP contribution in [0.2, 0.25) is 0 Å². The Kier molecular flexibility index (Phi) is 4.56. The van der Waals surface area contributed by atoms with E-state index < -0.39 is 5.97 Å². The van der Waals surface area contributed by atoms with E-state index in [-0.39, 0.29) is 5.91 Å². The first-order valence-corrected chi connectivity index (χ1v) is 6.86. The fraction of sp³-hybridized carbons (Fsp3) is 0.375. The monoisotopic (exact) mass is 273 g/mol. The molecule has 0 aliphatic heterocycles. The smallest absolute Gasteiger partial charge is 0.328 e. The van der Waals surface area contributed by atoms with Crippen molar-refractivity contribution in [1.82, 2.24) is 5.32 Å². The molecule has 0 saturated heterocycles. The van der Waals surface area contributed by atoms with Crippen LogP contribution in [-0.4, -0.2) is 23.5 Å². The second-order valence-electron chi connectivity index (χ2n) is 5.18. The topological polar surface area (TPSA) is 66.4 Å². The van der Waals surface area contributed by atoms with E-state index in [0.717, 1.165) is 29.5 Å². The fourth-order valence-electron chi connectivity index (χ4n) is 2.13. The fourth-order valence-corrected chi connectivity index (χ4v) is 2.13. The van der Waals surface area contributed by atoms with Gasteiger partial charge in [0.05, 0.1) is 0 Å². The van der Waals surface area contributed by atoms with Crippen LogP contribution in [0.3, 0.4) is 0 Å². The number of aliphatic carboxylic acids is 1. The third-order valence-electron chi connectivity index (χ3n) is 3.56. The molecule has 0 aromatic heterocycles. The minimum atomic E-state index is -0.997. The Hall–Kier alpha value is -2.10. The maximum absolute atomic E-state index is 12.1. The van der Waals surface area contributed by atoms with Gasteiger partial charge in [0.2, 0.25) is 0 Å². The Balaban J connectivity index is 2.04. The van der Waals surface area contributed by atoms with Gasteiger partial charge >= 0.3 is 5.97 Å². The summed E-state index contributed by atoms with van der Waals surface area (Å²) in [5, 5.41) is 11.6. The molecule has 1 aromatic carbocycles. The summed E-state index contributed by atoms with van der Waals surface area (Å²) in [6.45, 7) is 2.54. The maximum atomic E-state index is 12.1. The van der Waals surface area contributed by atoms with Gasteiger partial charge in [-0.3, -0.25) is 4.79 Å². The zero-order chi connectivity index (χ0) is 14.5. The van der Waals surface area contributed by atoms with Crippen molar-refractivity contribution in [2.24, 2.45) is 5.92 Å². The van der Waals surface area contributed by atoms with Crippen LogP contribution in [0.15, 0.2) is 24.3 Å². The number of hydrogen-bond donors (Lipinski definition) is 2. The summed E-state index contributed by atoms with van der Waals surface area (Å²) in [7, 11) is 0. The molecular formula is C16H19NO3. The number of hydrogen-bond acceptors (Lipinski definition) is 2. The second-order valence-corrected chi connectivity index (χ2v) is 5.18. The van der Waals surface area contributed by atoms with Crippen LogP contribution in [0.4, 0.5) is 0 Å². The summed E-state index contributed by atoms with van der Waals surface area (Å²) < 4.78 is 0. The van der Waals surface area contributed by atoms with Crippen LogP contribution < -0.4 is 5.32 Å². The van der Waals surface area contributed by atoms with Crippen molar-refractivity contribution < 1.29 is 14.7 Å². The van der Waals surface area contributed by atoms with E-state index in [1.807, 2.05) is 6.92 Å². The highest BCUT2D eigenvalue weighted by Crippen LogP contribution is 2.31. The number of amides is 1. The molecule has 0 spiro atoms. The Labute approximate surface area is 118 Å². The van der Waals surface area contributed by atoms with Gasteiger partial charge < -0.3 is 10.4 Å². The normalized spacial score (nSPS) is 14.4. The van der Waals surface area contributed by atoms with E-state index in [9.17, 15) is 9.59 Å². The van der Waals surface area contributed by atoms with Crippen molar-refractivity contribution in [3.63, 3.8) is 0 Å². The number of carboxylic acid groups (broad SMARTS) is 1. The van der Waals surface area contributed by atoms with Gasteiger partial charge in [0.15, 0.2) is 0 Å². The zero-order valence-corrected chi connectivity index (χ0v) is 11.6. The number of carboxylic acids is 1. The first-order valence-electron chi connectivity index (χ1n) is 6.86. The Bertz CT molecular complexity index is 545. The third kappa shape index (κ3) is 3.95. The largest absolute Gasteiger partial charge is 0.478 e. The maximum Gasteiger partial charge on any atom is 0.328 e. The lowest BCUT2D eigenvalue weighted by Gasteiger charge is -2.09. The molecule has 4 heteroatoms. The van der Waals surface area contributed by atoms with Crippen molar-refractivity contribution in [3.8, 4) is 0 Å². The second kappa shape index (κ2) is 6.37. The SMILES string of the molecule is Cc1c(C=CC(=O)O)cccc1C(=O)NCCC1CC1. The van der Waals surface area contributed by atoms with Crippen LogP contribution in [-0.2, 0) is 4.79 Å². The summed E-state index contributed by atoms with van der Waals surface area (Å²) in [6, 6.07) is 5.33. The predicted molar refractivity (Wildman–Crippen MR) is 77.5 cm³/mol. The molecular weight excluding hydrogens is 254 g/mol. The number of nitrogens with one attached hydrogen (secondary N) is 1. The molecule has 1 aromatic rings. The zero-order valence-electron chi connectivity index (χ0n) is 11.6. The quantitative estimate of drug-likeness (QED) is 0.783.